The lowest BCUT2D eigenvalue weighted by molar-refractivity contribution is 0.0697. The monoisotopic (exact) mass is 269 g/mol. The summed E-state index contributed by atoms with van der Waals surface area (Å²) in [5, 5.41) is 12.3. The number of anilines is 2. The van der Waals surface area contributed by atoms with Crippen LogP contribution in [0.2, 0.25) is 0 Å². The van der Waals surface area contributed by atoms with Gasteiger partial charge in [0.1, 0.15) is 0 Å². The Morgan fingerprint density at radius 1 is 1.05 bits per heavy atom. The first-order valence-electron chi connectivity index (χ1n) is 6.58. The summed E-state index contributed by atoms with van der Waals surface area (Å²) < 4.78 is 0. The molecule has 0 aliphatic carbocycles. The maximum atomic E-state index is 11.0. The van der Waals surface area contributed by atoms with Crippen molar-refractivity contribution in [3.8, 4) is 0 Å². The van der Waals surface area contributed by atoms with Crippen molar-refractivity contribution < 1.29 is 9.90 Å². The molecular weight excluding hydrogens is 250 g/mol. The van der Waals surface area contributed by atoms with Crippen molar-refractivity contribution >= 4 is 17.3 Å². The highest BCUT2D eigenvalue weighted by molar-refractivity contribution is 5.89. The highest BCUT2D eigenvalue weighted by Crippen LogP contribution is 2.31. The fourth-order valence-corrected chi connectivity index (χ4v) is 2.13. The van der Waals surface area contributed by atoms with Crippen LogP contribution < -0.4 is 5.32 Å². The smallest absolute Gasteiger partial charge is 0.335 e. The van der Waals surface area contributed by atoms with Crippen LogP contribution >= 0.6 is 0 Å². The van der Waals surface area contributed by atoms with E-state index in [0.29, 0.717) is 0 Å². The van der Waals surface area contributed by atoms with Crippen LogP contribution in [0.5, 0.6) is 0 Å². The van der Waals surface area contributed by atoms with Crippen LogP contribution in [0.15, 0.2) is 48.5 Å². The maximum absolute atomic E-state index is 11.0. The van der Waals surface area contributed by atoms with Gasteiger partial charge in [-0.05, 0) is 35.2 Å². The van der Waals surface area contributed by atoms with Gasteiger partial charge in [-0.3, -0.25) is 0 Å². The van der Waals surface area contributed by atoms with Crippen LogP contribution in [-0.2, 0) is 5.41 Å². The normalized spacial score (nSPS) is 11.2. The minimum atomic E-state index is -0.919. The van der Waals surface area contributed by atoms with E-state index in [1.807, 2.05) is 24.3 Å². The molecule has 3 heteroatoms. The molecule has 0 heterocycles. The Morgan fingerprint density at radius 3 is 2.40 bits per heavy atom. The highest BCUT2D eigenvalue weighted by Gasteiger charge is 2.17. The van der Waals surface area contributed by atoms with E-state index in [9.17, 15) is 4.79 Å². The van der Waals surface area contributed by atoms with Crippen molar-refractivity contribution in [3.63, 3.8) is 0 Å². The first-order chi connectivity index (χ1) is 9.38. The summed E-state index contributed by atoms with van der Waals surface area (Å²) in [6.07, 6.45) is 0. The summed E-state index contributed by atoms with van der Waals surface area (Å²) in [7, 11) is 0. The molecule has 3 nitrogen and oxygen atoms in total. The Hall–Kier alpha value is -2.29. The first kappa shape index (κ1) is 14.1. The van der Waals surface area contributed by atoms with E-state index in [1.54, 1.807) is 18.2 Å². The number of nitrogens with one attached hydrogen (secondary N) is 1. The number of aromatic carboxylic acids is 1. The number of para-hydroxylation sites is 1. The van der Waals surface area contributed by atoms with Gasteiger partial charge in [-0.1, -0.05) is 45.0 Å². The minimum Gasteiger partial charge on any atom is -0.478 e. The molecular formula is C17H19NO2. The molecule has 0 atom stereocenters. The molecule has 0 amide bonds. The Labute approximate surface area is 119 Å². The van der Waals surface area contributed by atoms with E-state index < -0.39 is 5.97 Å². The van der Waals surface area contributed by atoms with Crippen molar-refractivity contribution in [2.75, 3.05) is 5.32 Å². The van der Waals surface area contributed by atoms with Crippen molar-refractivity contribution in [3.05, 3.63) is 59.7 Å². The third kappa shape index (κ3) is 3.18. The van der Waals surface area contributed by atoms with Crippen molar-refractivity contribution in [1.29, 1.82) is 0 Å². The molecule has 0 radical (unpaired) electrons. The third-order valence-corrected chi connectivity index (χ3v) is 3.12. The first-order valence-corrected chi connectivity index (χ1v) is 6.58. The Kier molecular flexibility index (Phi) is 3.79. The fraction of sp³-hybridized carbons (Fsp3) is 0.235. The second kappa shape index (κ2) is 5.37. The standard InChI is InChI=1S/C17H19NO2/c1-17(2,3)14-9-4-5-10-15(14)18-13-8-6-7-12(11-13)16(19)20/h4-11,18H,1-3H3,(H,19,20). The molecule has 0 saturated carbocycles. The average molecular weight is 269 g/mol. The van der Waals surface area contributed by atoms with Gasteiger partial charge in [0, 0.05) is 11.4 Å². The van der Waals surface area contributed by atoms with Gasteiger partial charge in [0.25, 0.3) is 0 Å². The van der Waals surface area contributed by atoms with Crippen LogP contribution in [0.3, 0.4) is 0 Å². The molecule has 0 fully saturated rings. The van der Waals surface area contributed by atoms with E-state index in [0.717, 1.165) is 11.4 Å². The van der Waals surface area contributed by atoms with E-state index in [-0.39, 0.29) is 11.0 Å². The summed E-state index contributed by atoms with van der Waals surface area (Å²) in [6, 6.07) is 14.9. The van der Waals surface area contributed by atoms with Gasteiger partial charge < -0.3 is 10.4 Å². The van der Waals surface area contributed by atoms with Crippen LogP contribution in [0, 0.1) is 0 Å². The Balaban J connectivity index is 2.36. The van der Waals surface area contributed by atoms with Gasteiger partial charge in [-0.2, -0.15) is 0 Å². The second-order valence-corrected chi connectivity index (χ2v) is 5.81. The molecule has 2 aromatic rings. The zero-order valence-electron chi connectivity index (χ0n) is 12.0. The zero-order valence-corrected chi connectivity index (χ0v) is 12.0. The lowest BCUT2D eigenvalue weighted by Gasteiger charge is -2.23. The molecule has 0 saturated heterocycles. The number of hydrogen-bond donors (Lipinski definition) is 2. The molecule has 104 valence electrons. The number of benzene rings is 2. The molecule has 20 heavy (non-hydrogen) atoms. The molecule has 2 N–H and O–H groups in total. The summed E-state index contributed by atoms with van der Waals surface area (Å²) in [4.78, 5) is 11.0. The number of carboxylic acids is 1. The lowest BCUT2D eigenvalue weighted by Crippen LogP contribution is -2.13. The van der Waals surface area contributed by atoms with Crippen molar-refractivity contribution in [1.82, 2.24) is 0 Å². The molecule has 0 bridgehead atoms. The minimum absolute atomic E-state index is 0.0218. The average Bonchev–Trinajstić information content (AvgIpc) is 2.38. The highest BCUT2D eigenvalue weighted by atomic mass is 16.4. The largest absolute Gasteiger partial charge is 0.478 e. The van der Waals surface area contributed by atoms with Crippen molar-refractivity contribution in [2.45, 2.75) is 26.2 Å². The van der Waals surface area contributed by atoms with Crippen molar-refractivity contribution in [2.24, 2.45) is 0 Å². The third-order valence-electron chi connectivity index (χ3n) is 3.12. The predicted molar refractivity (Wildman–Crippen MR) is 81.8 cm³/mol. The van der Waals surface area contributed by atoms with E-state index in [1.165, 1.54) is 5.56 Å². The fourth-order valence-electron chi connectivity index (χ4n) is 2.13. The number of carboxylic acid groups (broad SMARTS) is 1. The summed E-state index contributed by atoms with van der Waals surface area (Å²) >= 11 is 0. The Bertz CT molecular complexity index is 627. The van der Waals surface area contributed by atoms with E-state index >= 15 is 0 Å². The van der Waals surface area contributed by atoms with Gasteiger partial charge in [-0.25, -0.2) is 4.79 Å². The maximum Gasteiger partial charge on any atom is 0.335 e. The molecule has 0 unspecified atom stereocenters. The van der Waals surface area contributed by atoms with Gasteiger partial charge in [-0.15, -0.1) is 0 Å². The molecule has 2 rings (SSSR count). The quantitative estimate of drug-likeness (QED) is 0.866. The summed E-state index contributed by atoms with van der Waals surface area (Å²) in [5.74, 6) is -0.919. The summed E-state index contributed by atoms with van der Waals surface area (Å²) in [5.41, 5.74) is 3.28. The van der Waals surface area contributed by atoms with Gasteiger partial charge in [0.05, 0.1) is 5.56 Å². The second-order valence-electron chi connectivity index (χ2n) is 5.81. The summed E-state index contributed by atoms with van der Waals surface area (Å²) in [6.45, 7) is 6.46. The van der Waals surface area contributed by atoms with Gasteiger partial charge in [0.15, 0.2) is 0 Å². The zero-order chi connectivity index (χ0) is 14.8. The molecule has 0 aliphatic heterocycles. The topological polar surface area (TPSA) is 49.3 Å². The molecule has 0 spiro atoms. The van der Waals surface area contributed by atoms with E-state index in [4.69, 9.17) is 5.11 Å². The number of carbonyl (C=O) groups is 1. The molecule has 0 aliphatic rings. The van der Waals surface area contributed by atoms with Crippen LogP contribution in [-0.4, -0.2) is 11.1 Å². The van der Waals surface area contributed by atoms with Gasteiger partial charge >= 0.3 is 5.97 Å². The van der Waals surface area contributed by atoms with Crippen LogP contribution in [0.4, 0.5) is 11.4 Å². The van der Waals surface area contributed by atoms with Gasteiger partial charge in [0.2, 0.25) is 0 Å². The number of rotatable bonds is 3. The Morgan fingerprint density at radius 2 is 1.75 bits per heavy atom. The number of hydrogen-bond acceptors (Lipinski definition) is 2. The lowest BCUT2D eigenvalue weighted by atomic mass is 9.86. The molecule has 2 aromatic carbocycles. The van der Waals surface area contributed by atoms with Crippen LogP contribution in [0.25, 0.3) is 0 Å². The predicted octanol–water partition coefficient (Wildman–Crippen LogP) is 4.43. The molecule has 0 aromatic heterocycles. The van der Waals surface area contributed by atoms with Crippen LogP contribution in [0.1, 0.15) is 36.7 Å². The SMILES string of the molecule is CC(C)(C)c1ccccc1Nc1cccc(C(=O)O)c1. The van der Waals surface area contributed by atoms with E-state index in [2.05, 4.69) is 32.2 Å².